The summed E-state index contributed by atoms with van der Waals surface area (Å²) < 4.78 is 11.4. The standard InChI is InChI=1S/C24H28N4O2.HI/c1-18-11-12-20(22(14-18)29-3)15-27-24(25-2)28-16-21-10-7-13-26-23(21)30-17-19-8-5-4-6-9-19;/h4-14H,15-17H2,1-3H3,(H2,25,27,28);1H. The third-order valence-electron chi connectivity index (χ3n) is 4.63. The van der Waals surface area contributed by atoms with Crippen LogP contribution in [0.4, 0.5) is 0 Å². The molecule has 1 heterocycles. The number of rotatable bonds is 8. The van der Waals surface area contributed by atoms with E-state index in [0.29, 0.717) is 31.5 Å². The summed E-state index contributed by atoms with van der Waals surface area (Å²) in [6.45, 7) is 3.67. The highest BCUT2D eigenvalue weighted by atomic mass is 127. The predicted octanol–water partition coefficient (Wildman–Crippen LogP) is 4.46. The Morgan fingerprint density at radius 1 is 0.968 bits per heavy atom. The molecule has 0 saturated heterocycles. The van der Waals surface area contributed by atoms with Gasteiger partial charge in [0.2, 0.25) is 5.88 Å². The number of ether oxygens (including phenoxy) is 2. The van der Waals surface area contributed by atoms with Crippen LogP contribution in [-0.2, 0) is 19.7 Å². The molecule has 2 aromatic carbocycles. The number of benzene rings is 2. The van der Waals surface area contributed by atoms with Gasteiger partial charge in [0.25, 0.3) is 0 Å². The smallest absolute Gasteiger partial charge is 0.218 e. The number of aryl methyl sites for hydroxylation is 1. The molecule has 0 saturated carbocycles. The second kappa shape index (κ2) is 12.8. The van der Waals surface area contributed by atoms with Crippen molar-refractivity contribution in [3.05, 3.63) is 89.1 Å². The quantitative estimate of drug-likeness (QED) is 0.255. The van der Waals surface area contributed by atoms with Crippen molar-refractivity contribution in [2.24, 2.45) is 4.99 Å². The van der Waals surface area contributed by atoms with E-state index < -0.39 is 0 Å². The van der Waals surface area contributed by atoms with Crippen LogP contribution in [0.3, 0.4) is 0 Å². The van der Waals surface area contributed by atoms with E-state index in [1.807, 2.05) is 55.5 Å². The number of aromatic nitrogens is 1. The lowest BCUT2D eigenvalue weighted by Gasteiger charge is -2.15. The van der Waals surface area contributed by atoms with Crippen LogP contribution >= 0.6 is 24.0 Å². The van der Waals surface area contributed by atoms with Gasteiger partial charge in [-0.1, -0.05) is 48.5 Å². The molecule has 0 unspecified atom stereocenters. The zero-order valence-corrected chi connectivity index (χ0v) is 20.4. The van der Waals surface area contributed by atoms with Gasteiger partial charge in [-0.2, -0.15) is 0 Å². The number of aliphatic imine (C=N–C) groups is 1. The van der Waals surface area contributed by atoms with Gasteiger partial charge in [0.05, 0.1) is 7.11 Å². The van der Waals surface area contributed by atoms with Crippen LogP contribution in [0, 0.1) is 6.92 Å². The number of hydrogen-bond acceptors (Lipinski definition) is 4. The van der Waals surface area contributed by atoms with Crippen molar-refractivity contribution >= 4 is 29.9 Å². The van der Waals surface area contributed by atoms with Crippen molar-refractivity contribution in [3.63, 3.8) is 0 Å². The van der Waals surface area contributed by atoms with Crippen molar-refractivity contribution in [3.8, 4) is 11.6 Å². The molecule has 2 N–H and O–H groups in total. The van der Waals surface area contributed by atoms with Crippen molar-refractivity contribution in [2.45, 2.75) is 26.6 Å². The molecule has 3 rings (SSSR count). The highest BCUT2D eigenvalue weighted by molar-refractivity contribution is 14.0. The molecule has 0 spiro atoms. The van der Waals surface area contributed by atoms with Crippen LogP contribution in [0.1, 0.15) is 22.3 Å². The Labute approximate surface area is 201 Å². The van der Waals surface area contributed by atoms with Crippen LogP contribution in [-0.4, -0.2) is 25.1 Å². The first-order valence-electron chi connectivity index (χ1n) is 9.88. The number of nitrogens with one attached hydrogen (secondary N) is 2. The lowest BCUT2D eigenvalue weighted by Crippen LogP contribution is -2.36. The van der Waals surface area contributed by atoms with Gasteiger partial charge < -0.3 is 20.1 Å². The van der Waals surface area contributed by atoms with Crippen LogP contribution < -0.4 is 20.1 Å². The van der Waals surface area contributed by atoms with E-state index in [1.165, 1.54) is 0 Å². The molecule has 0 aliphatic rings. The molecule has 6 nitrogen and oxygen atoms in total. The fourth-order valence-electron chi connectivity index (χ4n) is 2.99. The molecule has 0 radical (unpaired) electrons. The van der Waals surface area contributed by atoms with Gasteiger partial charge in [-0.05, 0) is 30.2 Å². The first-order chi connectivity index (χ1) is 14.7. The number of hydrogen-bond donors (Lipinski definition) is 2. The molecule has 0 bridgehead atoms. The topological polar surface area (TPSA) is 67.8 Å². The van der Waals surface area contributed by atoms with Gasteiger partial charge in [0.1, 0.15) is 12.4 Å². The maximum absolute atomic E-state index is 5.93. The van der Waals surface area contributed by atoms with E-state index in [0.717, 1.165) is 28.0 Å². The second-order valence-corrected chi connectivity index (χ2v) is 6.84. The van der Waals surface area contributed by atoms with Gasteiger partial charge in [0, 0.05) is 37.5 Å². The van der Waals surface area contributed by atoms with Gasteiger partial charge in [-0.3, -0.25) is 4.99 Å². The Balaban J connectivity index is 0.00000341. The Hall–Kier alpha value is -2.81. The lowest BCUT2D eigenvalue weighted by atomic mass is 10.1. The van der Waals surface area contributed by atoms with Gasteiger partial charge in [0.15, 0.2) is 5.96 Å². The van der Waals surface area contributed by atoms with Crippen LogP contribution in [0.2, 0.25) is 0 Å². The van der Waals surface area contributed by atoms with Crippen molar-refractivity contribution in [1.29, 1.82) is 0 Å². The van der Waals surface area contributed by atoms with Crippen molar-refractivity contribution in [1.82, 2.24) is 15.6 Å². The van der Waals surface area contributed by atoms with Gasteiger partial charge >= 0.3 is 0 Å². The van der Waals surface area contributed by atoms with Crippen LogP contribution in [0.25, 0.3) is 0 Å². The average Bonchev–Trinajstić information content (AvgIpc) is 2.79. The summed E-state index contributed by atoms with van der Waals surface area (Å²) in [5.74, 6) is 2.17. The number of methoxy groups -OCH3 is 1. The number of pyridine rings is 1. The Bertz CT molecular complexity index is 980. The molecule has 164 valence electrons. The number of halogens is 1. The molecule has 0 aliphatic carbocycles. The zero-order chi connectivity index (χ0) is 21.2. The molecule has 7 heteroatoms. The first kappa shape index (κ1) is 24.5. The molecule has 1 aromatic heterocycles. The monoisotopic (exact) mass is 532 g/mol. The van der Waals surface area contributed by atoms with Gasteiger partial charge in [-0.15, -0.1) is 24.0 Å². The molecule has 0 aliphatic heterocycles. The highest BCUT2D eigenvalue weighted by Gasteiger charge is 2.08. The molecular weight excluding hydrogens is 503 g/mol. The molecule has 0 fully saturated rings. The van der Waals surface area contributed by atoms with E-state index in [2.05, 4.69) is 32.7 Å². The molecule has 3 aromatic rings. The fourth-order valence-corrected chi connectivity index (χ4v) is 2.99. The molecule has 31 heavy (non-hydrogen) atoms. The van der Waals surface area contributed by atoms with E-state index in [1.54, 1.807) is 20.4 Å². The summed E-state index contributed by atoms with van der Waals surface area (Å²) in [6, 6.07) is 20.1. The number of nitrogens with zero attached hydrogens (tertiary/aromatic N) is 2. The van der Waals surface area contributed by atoms with E-state index >= 15 is 0 Å². The zero-order valence-electron chi connectivity index (χ0n) is 18.1. The minimum absolute atomic E-state index is 0. The maximum Gasteiger partial charge on any atom is 0.218 e. The Morgan fingerprint density at radius 3 is 2.42 bits per heavy atom. The summed E-state index contributed by atoms with van der Waals surface area (Å²) in [7, 11) is 3.43. The van der Waals surface area contributed by atoms with Crippen molar-refractivity contribution in [2.75, 3.05) is 14.2 Å². The fraction of sp³-hybridized carbons (Fsp3) is 0.250. The SMILES string of the molecule is CN=C(NCc1ccc(C)cc1OC)NCc1cccnc1OCc1ccccc1.I. The minimum Gasteiger partial charge on any atom is -0.496 e. The summed E-state index contributed by atoms with van der Waals surface area (Å²) in [5, 5.41) is 6.65. The summed E-state index contributed by atoms with van der Waals surface area (Å²) >= 11 is 0. The summed E-state index contributed by atoms with van der Waals surface area (Å²) in [6.07, 6.45) is 1.74. The second-order valence-electron chi connectivity index (χ2n) is 6.84. The first-order valence-corrected chi connectivity index (χ1v) is 9.88. The Kier molecular flexibility index (Phi) is 10.1. The van der Waals surface area contributed by atoms with Crippen LogP contribution in [0.15, 0.2) is 71.9 Å². The molecular formula is C24H29IN4O2. The normalized spacial score (nSPS) is 10.7. The van der Waals surface area contributed by atoms with E-state index in [9.17, 15) is 0 Å². The number of guanidine groups is 1. The maximum atomic E-state index is 5.93. The summed E-state index contributed by atoms with van der Waals surface area (Å²) in [5.41, 5.74) is 4.30. The predicted molar refractivity (Wildman–Crippen MR) is 135 cm³/mol. The third kappa shape index (κ3) is 7.43. The van der Waals surface area contributed by atoms with Crippen molar-refractivity contribution < 1.29 is 9.47 Å². The Morgan fingerprint density at radius 2 is 1.71 bits per heavy atom. The van der Waals surface area contributed by atoms with Crippen LogP contribution in [0.5, 0.6) is 11.6 Å². The van der Waals surface area contributed by atoms with E-state index in [4.69, 9.17) is 9.47 Å². The minimum atomic E-state index is 0. The third-order valence-corrected chi connectivity index (χ3v) is 4.63. The molecule has 0 amide bonds. The lowest BCUT2D eigenvalue weighted by molar-refractivity contribution is 0.290. The summed E-state index contributed by atoms with van der Waals surface area (Å²) in [4.78, 5) is 8.69. The van der Waals surface area contributed by atoms with E-state index in [-0.39, 0.29) is 24.0 Å². The highest BCUT2D eigenvalue weighted by Crippen LogP contribution is 2.19. The van der Waals surface area contributed by atoms with Gasteiger partial charge in [-0.25, -0.2) is 4.98 Å². The molecule has 0 atom stereocenters. The largest absolute Gasteiger partial charge is 0.496 e. The average molecular weight is 532 g/mol.